The van der Waals surface area contributed by atoms with Gasteiger partial charge in [-0.15, -0.1) is 0 Å². The summed E-state index contributed by atoms with van der Waals surface area (Å²) >= 11 is 0. The lowest BCUT2D eigenvalue weighted by molar-refractivity contribution is 0.00213. The van der Waals surface area contributed by atoms with Gasteiger partial charge in [0.1, 0.15) is 0 Å². The first-order valence-electron chi connectivity index (χ1n) is 9.71. The third kappa shape index (κ3) is 3.16. The van der Waals surface area contributed by atoms with Crippen LogP contribution in [0.3, 0.4) is 0 Å². The van der Waals surface area contributed by atoms with Crippen LogP contribution in [-0.4, -0.2) is 57.2 Å². The molecule has 5 nitrogen and oxygen atoms in total. The molecule has 0 N–H and O–H groups in total. The van der Waals surface area contributed by atoms with E-state index < -0.39 is 0 Å². The molecule has 0 bridgehead atoms. The summed E-state index contributed by atoms with van der Waals surface area (Å²) in [7, 11) is 0. The lowest BCUT2D eigenvalue weighted by Crippen LogP contribution is -2.63. The Morgan fingerprint density at radius 3 is 2.46 bits per heavy atom. The zero-order chi connectivity index (χ0) is 18.3. The second-order valence-corrected chi connectivity index (χ2v) is 7.83. The number of hydrogen-bond donors (Lipinski definition) is 0. The number of carbonyl (C=O) groups excluding carboxylic acids is 1. The average Bonchev–Trinajstić information content (AvgIpc) is 2.93. The lowest BCUT2D eigenvalue weighted by atomic mass is 9.97. The number of benzene rings is 1. The topological polar surface area (TPSA) is 41.4 Å². The van der Waals surface area contributed by atoms with E-state index in [1.54, 1.807) is 0 Å². The van der Waals surface area contributed by atoms with Crippen LogP contribution < -0.4 is 0 Å². The van der Waals surface area contributed by atoms with Crippen LogP contribution in [0, 0.1) is 13.8 Å². The molecule has 1 atom stereocenters. The molecule has 1 unspecified atom stereocenters. The van der Waals surface area contributed by atoms with Gasteiger partial charge in [0.05, 0.1) is 11.4 Å². The van der Waals surface area contributed by atoms with E-state index in [4.69, 9.17) is 0 Å². The van der Waals surface area contributed by atoms with Gasteiger partial charge in [-0.1, -0.05) is 6.42 Å². The van der Waals surface area contributed by atoms with Gasteiger partial charge in [0, 0.05) is 36.4 Å². The Hall–Kier alpha value is -2.14. The molecule has 2 fully saturated rings. The molecule has 2 saturated heterocycles. The van der Waals surface area contributed by atoms with Crippen LogP contribution in [0.1, 0.15) is 47.9 Å². The molecule has 0 aliphatic carbocycles. The molecule has 3 heterocycles. The Balaban J connectivity index is 1.39. The molecular formula is C21H28N4O. The molecule has 138 valence electrons. The molecule has 0 radical (unpaired) electrons. The fraction of sp³-hybridized carbons (Fsp3) is 0.524. The monoisotopic (exact) mass is 352 g/mol. The maximum atomic E-state index is 12.7. The van der Waals surface area contributed by atoms with Crippen molar-refractivity contribution in [2.45, 2.75) is 52.1 Å². The minimum absolute atomic E-state index is 0.144. The van der Waals surface area contributed by atoms with E-state index in [-0.39, 0.29) is 5.91 Å². The van der Waals surface area contributed by atoms with Crippen molar-refractivity contribution in [2.75, 3.05) is 19.6 Å². The van der Waals surface area contributed by atoms with Crippen molar-refractivity contribution in [3.8, 4) is 5.69 Å². The number of aryl methyl sites for hydroxylation is 2. The van der Waals surface area contributed by atoms with Gasteiger partial charge < -0.3 is 4.90 Å². The van der Waals surface area contributed by atoms with Crippen LogP contribution in [0.15, 0.2) is 30.3 Å². The highest BCUT2D eigenvalue weighted by molar-refractivity contribution is 5.95. The first kappa shape index (κ1) is 17.3. The summed E-state index contributed by atoms with van der Waals surface area (Å²) in [5.74, 6) is 0.144. The van der Waals surface area contributed by atoms with E-state index in [1.165, 1.54) is 25.8 Å². The molecule has 5 heteroatoms. The summed E-state index contributed by atoms with van der Waals surface area (Å²) in [6, 6.07) is 11.1. The highest BCUT2D eigenvalue weighted by atomic mass is 16.2. The Morgan fingerprint density at radius 1 is 1.12 bits per heavy atom. The van der Waals surface area contributed by atoms with Crippen molar-refractivity contribution in [3.63, 3.8) is 0 Å². The molecule has 2 aliphatic rings. The summed E-state index contributed by atoms with van der Waals surface area (Å²) in [5, 5.41) is 4.50. The van der Waals surface area contributed by atoms with E-state index >= 15 is 0 Å². The quantitative estimate of drug-likeness (QED) is 0.852. The molecule has 26 heavy (non-hydrogen) atoms. The summed E-state index contributed by atoms with van der Waals surface area (Å²) in [4.78, 5) is 17.3. The van der Waals surface area contributed by atoms with Crippen LogP contribution in [0.25, 0.3) is 5.69 Å². The van der Waals surface area contributed by atoms with Crippen LogP contribution in [0.2, 0.25) is 0 Å². The number of carbonyl (C=O) groups is 1. The first-order valence-corrected chi connectivity index (χ1v) is 9.71. The molecule has 2 aliphatic heterocycles. The highest BCUT2D eigenvalue weighted by Gasteiger charge is 2.37. The standard InChI is InChI=1S/C21H28N4O/c1-15-12-17(3)25(22-15)19-9-7-18(8-10-19)21(26)23-13-20(14-23)24-11-5-4-6-16(24)2/h7-10,12,16,20H,4-6,11,13-14H2,1-3H3. The fourth-order valence-corrected chi connectivity index (χ4v) is 4.31. The number of nitrogens with zero attached hydrogens (tertiary/aromatic N) is 4. The first-order chi connectivity index (χ1) is 12.5. The number of hydrogen-bond acceptors (Lipinski definition) is 3. The van der Waals surface area contributed by atoms with Crippen LogP contribution in [0.5, 0.6) is 0 Å². The molecule has 1 amide bonds. The zero-order valence-corrected chi connectivity index (χ0v) is 16.0. The highest BCUT2D eigenvalue weighted by Crippen LogP contribution is 2.25. The van der Waals surface area contributed by atoms with E-state index in [1.807, 2.05) is 47.7 Å². The maximum absolute atomic E-state index is 12.7. The van der Waals surface area contributed by atoms with E-state index in [0.717, 1.165) is 35.7 Å². The largest absolute Gasteiger partial charge is 0.335 e. The van der Waals surface area contributed by atoms with Gasteiger partial charge in [-0.25, -0.2) is 4.68 Å². The summed E-state index contributed by atoms with van der Waals surface area (Å²) < 4.78 is 1.92. The predicted molar refractivity (Wildman–Crippen MR) is 103 cm³/mol. The van der Waals surface area contributed by atoms with Crippen molar-refractivity contribution in [1.29, 1.82) is 0 Å². The Labute approximate surface area is 155 Å². The summed E-state index contributed by atoms with van der Waals surface area (Å²) in [6.45, 7) is 9.27. The van der Waals surface area contributed by atoms with E-state index in [2.05, 4.69) is 23.0 Å². The molecular weight excluding hydrogens is 324 g/mol. The average molecular weight is 352 g/mol. The summed E-state index contributed by atoms with van der Waals surface area (Å²) in [6.07, 6.45) is 3.93. The minimum atomic E-state index is 0.144. The minimum Gasteiger partial charge on any atom is -0.335 e. The van der Waals surface area contributed by atoms with Crippen molar-refractivity contribution >= 4 is 5.91 Å². The van der Waals surface area contributed by atoms with Crippen molar-refractivity contribution in [1.82, 2.24) is 19.6 Å². The third-order valence-electron chi connectivity index (χ3n) is 5.84. The molecule has 1 aromatic heterocycles. The Morgan fingerprint density at radius 2 is 1.85 bits per heavy atom. The van der Waals surface area contributed by atoms with Gasteiger partial charge >= 0.3 is 0 Å². The zero-order valence-electron chi connectivity index (χ0n) is 16.0. The van der Waals surface area contributed by atoms with Crippen LogP contribution in [0.4, 0.5) is 0 Å². The molecule has 0 spiro atoms. The molecule has 1 aromatic carbocycles. The number of aromatic nitrogens is 2. The van der Waals surface area contributed by atoms with Gasteiger partial charge in [0.15, 0.2) is 0 Å². The Bertz CT molecular complexity index is 789. The number of rotatable bonds is 3. The van der Waals surface area contributed by atoms with Crippen molar-refractivity contribution < 1.29 is 4.79 Å². The normalized spacial score (nSPS) is 21.7. The predicted octanol–water partition coefficient (Wildman–Crippen LogP) is 3.19. The van der Waals surface area contributed by atoms with Crippen LogP contribution in [-0.2, 0) is 0 Å². The number of piperidine rings is 1. The van der Waals surface area contributed by atoms with Gasteiger partial charge in [-0.05, 0) is 70.5 Å². The smallest absolute Gasteiger partial charge is 0.253 e. The molecule has 0 saturated carbocycles. The fourth-order valence-electron chi connectivity index (χ4n) is 4.31. The number of amides is 1. The van der Waals surface area contributed by atoms with E-state index in [9.17, 15) is 4.79 Å². The van der Waals surface area contributed by atoms with E-state index in [0.29, 0.717) is 12.1 Å². The van der Waals surface area contributed by atoms with Gasteiger partial charge in [0.25, 0.3) is 5.91 Å². The maximum Gasteiger partial charge on any atom is 0.253 e. The lowest BCUT2D eigenvalue weighted by Gasteiger charge is -2.49. The Kier molecular flexibility index (Phi) is 4.57. The summed E-state index contributed by atoms with van der Waals surface area (Å²) in [5.41, 5.74) is 3.86. The molecule has 2 aromatic rings. The van der Waals surface area contributed by atoms with Crippen LogP contribution >= 0.6 is 0 Å². The third-order valence-corrected chi connectivity index (χ3v) is 5.84. The van der Waals surface area contributed by atoms with Crippen molar-refractivity contribution in [3.05, 3.63) is 47.3 Å². The second-order valence-electron chi connectivity index (χ2n) is 7.83. The second kappa shape index (κ2) is 6.88. The number of likely N-dealkylation sites (tertiary alicyclic amines) is 2. The molecule has 4 rings (SSSR count). The SMILES string of the molecule is Cc1cc(C)n(-c2ccc(C(=O)N3CC(N4CCCCC4C)C3)cc2)n1. The van der Waals surface area contributed by atoms with Gasteiger partial charge in [0.2, 0.25) is 0 Å². The van der Waals surface area contributed by atoms with Gasteiger partial charge in [-0.3, -0.25) is 9.69 Å². The van der Waals surface area contributed by atoms with Gasteiger partial charge in [-0.2, -0.15) is 5.10 Å². The van der Waals surface area contributed by atoms with Crippen molar-refractivity contribution in [2.24, 2.45) is 0 Å².